The minimum atomic E-state index is -0.360. The summed E-state index contributed by atoms with van der Waals surface area (Å²) in [6, 6.07) is 7.41. The van der Waals surface area contributed by atoms with Crippen LogP contribution < -0.4 is 4.74 Å². The van der Waals surface area contributed by atoms with E-state index >= 15 is 0 Å². The van der Waals surface area contributed by atoms with Crippen molar-refractivity contribution in [3.8, 4) is 5.75 Å². The Bertz CT molecular complexity index is 701. The fraction of sp³-hybridized carbons (Fsp3) is 0.500. The highest BCUT2D eigenvalue weighted by atomic mass is 16.5. The summed E-state index contributed by atoms with van der Waals surface area (Å²) in [6.07, 6.45) is 2.07. The average Bonchev–Trinajstić information content (AvgIpc) is 3.30. The van der Waals surface area contributed by atoms with Crippen molar-refractivity contribution in [2.24, 2.45) is 5.92 Å². The van der Waals surface area contributed by atoms with Crippen molar-refractivity contribution >= 4 is 5.91 Å². The van der Waals surface area contributed by atoms with Gasteiger partial charge in [-0.1, -0.05) is 17.3 Å². The second-order valence-corrected chi connectivity index (χ2v) is 6.13. The predicted octanol–water partition coefficient (Wildman–Crippen LogP) is 1.20. The topological polar surface area (TPSA) is 93.2 Å². The summed E-state index contributed by atoms with van der Waals surface area (Å²) in [4.78, 5) is 14.7. The summed E-state index contributed by atoms with van der Waals surface area (Å²) in [6.45, 7) is 2.05. The number of carbonyl (C=O) groups excluding carboxylic acids is 1. The number of ether oxygens (including phenoxy) is 2. The molecule has 2 aromatic rings. The number of H-pyrrole nitrogens is 1. The first kappa shape index (κ1) is 15.1. The number of nitrogens with zero attached hydrogens (tertiary/aromatic N) is 4. The zero-order valence-corrected chi connectivity index (χ0v) is 13.2. The number of hydrogen-bond donors (Lipinski definition) is 1. The van der Waals surface area contributed by atoms with Crippen LogP contribution >= 0.6 is 0 Å². The van der Waals surface area contributed by atoms with Gasteiger partial charge in [0, 0.05) is 6.54 Å². The summed E-state index contributed by atoms with van der Waals surface area (Å²) in [5, 5.41) is 13.8. The molecule has 0 bridgehead atoms. The Morgan fingerprint density at radius 1 is 1.38 bits per heavy atom. The molecular formula is C16H19N5O3. The van der Waals surface area contributed by atoms with Gasteiger partial charge in [0.25, 0.3) is 5.91 Å². The number of rotatable bonds is 5. The Kier molecular flexibility index (Phi) is 4.12. The van der Waals surface area contributed by atoms with Gasteiger partial charge in [-0.2, -0.15) is 5.21 Å². The van der Waals surface area contributed by atoms with Gasteiger partial charge < -0.3 is 14.4 Å². The molecule has 1 unspecified atom stereocenters. The highest BCUT2D eigenvalue weighted by Gasteiger charge is 2.30. The molecule has 2 fully saturated rings. The molecule has 1 amide bonds. The third-order valence-corrected chi connectivity index (χ3v) is 4.29. The molecule has 8 heteroatoms. The first-order valence-corrected chi connectivity index (χ1v) is 8.17. The standard InChI is InChI=1S/C16H19N5O3/c22-16(12-3-1-2-4-13(12)24-10-11-5-6-11)21-7-8-23-14(9-21)15-17-19-20-18-15/h1-4,11,14H,5-10H2,(H,17,18,19,20). The van der Waals surface area contributed by atoms with E-state index in [9.17, 15) is 4.79 Å². The molecular weight excluding hydrogens is 310 g/mol. The molecule has 1 saturated carbocycles. The van der Waals surface area contributed by atoms with Crippen molar-refractivity contribution in [1.29, 1.82) is 0 Å². The normalized spacial score (nSPS) is 20.8. The van der Waals surface area contributed by atoms with Crippen LogP contribution in [-0.4, -0.2) is 57.7 Å². The number of nitrogens with one attached hydrogen (secondary N) is 1. The number of hydrogen-bond acceptors (Lipinski definition) is 6. The average molecular weight is 329 g/mol. The SMILES string of the molecule is O=C(c1ccccc1OCC1CC1)N1CCOC(c2nn[nH]n2)C1. The summed E-state index contributed by atoms with van der Waals surface area (Å²) >= 11 is 0. The molecule has 2 aliphatic rings. The van der Waals surface area contributed by atoms with Gasteiger partial charge in [0.15, 0.2) is 0 Å². The van der Waals surface area contributed by atoms with Crippen LogP contribution in [0.5, 0.6) is 5.75 Å². The lowest BCUT2D eigenvalue weighted by atomic mass is 10.1. The number of aromatic amines is 1. The molecule has 8 nitrogen and oxygen atoms in total. The molecule has 4 rings (SSSR count). The van der Waals surface area contributed by atoms with Crippen molar-refractivity contribution in [2.45, 2.75) is 18.9 Å². The molecule has 2 heterocycles. The van der Waals surface area contributed by atoms with E-state index in [0.29, 0.717) is 49.4 Å². The smallest absolute Gasteiger partial charge is 0.257 e. The lowest BCUT2D eigenvalue weighted by Crippen LogP contribution is -2.42. The van der Waals surface area contributed by atoms with E-state index in [1.165, 1.54) is 12.8 Å². The fourth-order valence-corrected chi connectivity index (χ4v) is 2.73. The molecule has 1 aliphatic heterocycles. The third kappa shape index (κ3) is 3.23. The first-order chi connectivity index (χ1) is 11.8. The lowest BCUT2D eigenvalue weighted by Gasteiger charge is -2.31. The number of aromatic nitrogens is 4. The van der Waals surface area contributed by atoms with Crippen LogP contribution in [0.25, 0.3) is 0 Å². The van der Waals surface area contributed by atoms with Crippen LogP contribution in [0.15, 0.2) is 24.3 Å². The number of morpholine rings is 1. The van der Waals surface area contributed by atoms with Crippen LogP contribution in [0.1, 0.15) is 35.1 Å². The maximum absolute atomic E-state index is 12.9. The monoisotopic (exact) mass is 329 g/mol. The van der Waals surface area contributed by atoms with E-state index < -0.39 is 0 Å². The Balaban J connectivity index is 1.48. The maximum Gasteiger partial charge on any atom is 0.257 e. The number of benzene rings is 1. The molecule has 1 aromatic carbocycles. The van der Waals surface area contributed by atoms with Gasteiger partial charge in [-0.05, 0) is 30.9 Å². The van der Waals surface area contributed by atoms with Gasteiger partial charge in [-0.3, -0.25) is 4.79 Å². The third-order valence-electron chi connectivity index (χ3n) is 4.29. The minimum absolute atomic E-state index is 0.0572. The maximum atomic E-state index is 12.9. The van der Waals surface area contributed by atoms with Crippen molar-refractivity contribution in [2.75, 3.05) is 26.3 Å². The lowest BCUT2D eigenvalue weighted by molar-refractivity contribution is -0.0269. The van der Waals surface area contributed by atoms with Crippen LogP contribution in [0, 0.1) is 5.92 Å². The van der Waals surface area contributed by atoms with Crippen LogP contribution in [-0.2, 0) is 4.74 Å². The molecule has 126 valence electrons. The number of amides is 1. The highest BCUT2D eigenvalue weighted by Crippen LogP contribution is 2.31. The Morgan fingerprint density at radius 2 is 2.25 bits per heavy atom. The van der Waals surface area contributed by atoms with Gasteiger partial charge in [-0.25, -0.2) is 0 Å². The largest absolute Gasteiger partial charge is 0.492 e. The van der Waals surface area contributed by atoms with Crippen molar-refractivity contribution in [3.63, 3.8) is 0 Å². The van der Waals surface area contributed by atoms with Crippen molar-refractivity contribution < 1.29 is 14.3 Å². The van der Waals surface area contributed by atoms with Crippen molar-refractivity contribution in [3.05, 3.63) is 35.7 Å². The summed E-state index contributed by atoms with van der Waals surface area (Å²) in [7, 11) is 0. The van der Waals surface area contributed by atoms with Gasteiger partial charge in [0.05, 0.1) is 25.3 Å². The molecule has 0 radical (unpaired) electrons. The van der Waals surface area contributed by atoms with Gasteiger partial charge in [0.2, 0.25) is 5.82 Å². The quantitative estimate of drug-likeness (QED) is 0.886. The van der Waals surface area contributed by atoms with E-state index in [-0.39, 0.29) is 12.0 Å². The van der Waals surface area contributed by atoms with Gasteiger partial charge in [-0.15, -0.1) is 10.2 Å². The number of para-hydroxylation sites is 1. The first-order valence-electron chi connectivity index (χ1n) is 8.17. The zero-order valence-electron chi connectivity index (χ0n) is 13.2. The van der Waals surface area contributed by atoms with Crippen molar-refractivity contribution in [1.82, 2.24) is 25.5 Å². The molecule has 1 aliphatic carbocycles. The summed E-state index contributed by atoms with van der Waals surface area (Å²) < 4.78 is 11.5. The Morgan fingerprint density at radius 3 is 3.04 bits per heavy atom. The van der Waals surface area contributed by atoms with E-state index in [4.69, 9.17) is 9.47 Å². The van der Waals surface area contributed by atoms with Crippen LogP contribution in [0.2, 0.25) is 0 Å². The summed E-state index contributed by atoms with van der Waals surface area (Å²) in [5.41, 5.74) is 0.590. The molecule has 1 N–H and O–H groups in total. The van der Waals surface area contributed by atoms with E-state index in [2.05, 4.69) is 20.6 Å². The predicted molar refractivity (Wildman–Crippen MR) is 83.4 cm³/mol. The fourth-order valence-electron chi connectivity index (χ4n) is 2.73. The Hall–Kier alpha value is -2.48. The van der Waals surface area contributed by atoms with E-state index in [0.717, 1.165) is 0 Å². The summed E-state index contributed by atoms with van der Waals surface area (Å²) in [5.74, 6) is 1.69. The van der Waals surface area contributed by atoms with Gasteiger partial charge >= 0.3 is 0 Å². The van der Waals surface area contributed by atoms with E-state index in [1.807, 2.05) is 24.3 Å². The zero-order chi connectivity index (χ0) is 16.4. The molecule has 1 saturated heterocycles. The minimum Gasteiger partial charge on any atom is -0.492 e. The van der Waals surface area contributed by atoms with Gasteiger partial charge in [0.1, 0.15) is 11.9 Å². The highest BCUT2D eigenvalue weighted by molar-refractivity contribution is 5.97. The molecule has 24 heavy (non-hydrogen) atoms. The second-order valence-electron chi connectivity index (χ2n) is 6.13. The Labute approximate surface area is 139 Å². The molecule has 0 spiro atoms. The van der Waals surface area contributed by atoms with Crippen LogP contribution in [0.4, 0.5) is 0 Å². The molecule has 1 atom stereocenters. The van der Waals surface area contributed by atoms with Crippen LogP contribution in [0.3, 0.4) is 0 Å². The number of carbonyl (C=O) groups is 1. The molecule has 1 aromatic heterocycles. The van der Waals surface area contributed by atoms with E-state index in [1.54, 1.807) is 4.90 Å². The number of tetrazole rings is 1. The second kappa shape index (κ2) is 6.56.